The van der Waals surface area contributed by atoms with E-state index in [0.717, 1.165) is 27.2 Å². The van der Waals surface area contributed by atoms with Gasteiger partial charge in [-0.05, 0) is 45.2 Å². The van der Waals surface area contributed by atoms with E-state index in [2.05, 4.69) is 57.4 Å². The van der Waals surface area contributed by atoms with Gasteiger partial charge >= 0.3 is 6.18 Å². The number of hydrogen-bond donors (Lipinski definition) is 1. The molecule has 0 spiro atoms. The van der Waals surface area contributed by atoms with Gasteiger partial charge in [-0.1, -0.05) is 6.07 Å². The summed E-state index contributed by atoms with van der Waals surface area (Å²) < 4.78 is 38.9. The molecule has 10 heteroatoms. The highest BCUT2D eigenvalue weighted by molar-refractivity contribution is 5.93. The molecule has 0 aliphatic heterocycles. The summed E-state index contributed by atoms with van der Waals surface area (Å²) in [7, 11) is 2.00. The Morgan fingerprint density at radius 3 is 2.58 bits per heavy atom. The van der Waals surface area contributed by atoms with E-state index in [9.17, 15) is 13.2 Å². The van der Waals surface area contributed by atoms with E-state index in [-0.39, 0.29) is 5.54 Å². The van der Waals surface area contributed by atoms with Crippen LogP contribution in [0.2, 0.25) is 0 Å². The quantitative estimate of drug-likeness (QED) is 0.397. The number of hydrogen-bond acceptors (Lipinski definition) is 5. The minimum absolute atomic E-state index is 0.137. The van der Waals surface area contributed by atoms with Crippen LogP contribution in [0, 0.1) is 0 Å². The largest absolute Gasteiger partial charge is 0.408 e. The Kier molecular flexibility index (Phi) is 5.47. The fourth-order valence-electron chi connectivity index (χ4n) is 3.47. The van der Waals surface area contributed by atoms with Crippen molar-refractivity contribution >= 4 is 29.3 Å². The van der Waals surface area contributed by atoms with Crippen molar-refractivity contribution in [2.45, 2.75) is 39.0 Å². The fraction of sp³-hybridized carbons (Fsp3) is 0.304. The van der Waals surface area contributed by atoms with Crippen LogP contribution in [0.1, 0.15) is 20.8 Å². The van der Waals surface area contributed by atoms with Gasteiger partial charge in [0.1, 0.15) is 12.1 Å². The minimum atomic E-state index is -4.35. The summed E-state index contributed by atoms with van der Waals surface area (Å²) >= 11 is 0. The van der Waals surface area contributed by atoms with Gasteiger partial charge in [0.2, 0.25) is 0 Å². The first-order chi connectivity index (χ1) is 15.5. The molecule has 0 aliphatic rings. The molecule has 1 aromatic carbocycles. The lowest BCUT2D eigenvalue weighted by Crippen LogP contribution is -2.38. The number of aliphatic imine (C=N–C) groups is 1. The van der Waals surface area contributed by atoms with Crippen molar-refractivity contribution in [3.8, 4) is 22.4 Å². The number of rotatable bonds is 5. The molecule has 172 valence electrons. The van der Waals surface area contributed by atoms with E-state index in [4.69, 9.17) is 0 Å². The van der Waals surface area contributed by atoms with Crippen LogP contribution in [0.15, 0.2) is 48.0 Å². The van der Waals surface area contributed by atoms with E-state index in [1.165, 1.54) is 18.6 Å². The van der Waals surface area contributed by atoms with Crippen LogP contribution in [0.25, 0.3) is 33.5 Å². The fourth-order valence-corrected chi connectivity index (χ4v) is 3.47. The highest BCUT2D eigenvalue weighted by Gasteiger charge is 2.28. The molecule has 7 nitrogen and oxygen atoms in total. The topological polar surface area (TPSA) is 75.0 Å². The van der Waals surface area contributed by atoms with E-state index < -0.39 is 12.7 Å². The van der Waals surface area contributed by atoms with Crippen molar-refractivity contribution in [1.82, 2.24) is 24.7 Å². The van der Waals surface area contributed by atoms with Crippen molar-refractivity contribution in [3.05, 3.63) is 43.0 Å². The predicted molar refractivity (Wildman–Crippen MR) is 124 cm³/mol. The summed E-state index contributed by atoms with van der Waals surface area (Å²) in [5.74, 6) is 0. The van der Waals surface area contributed by atoms with Gasteiger partial charge in [-0.3, -0.25) is 9.67 Å². The average Bonchev–Trinajstić information content (AvgIpc) is 3.37. The number of aromatic nitrogens is 5. The number of benzene rings is 1. The monoisotopic (exact) mass is 455 g/mol. The lowest BCUT2D eigenvalue weighted by atomic mass is 10.0. The first-order valence-electron chi connectivity index (χ1n) is 10.2. The van der Waals surface area contributed by atoms with Gasteiger partial charge < -0.3 is 9.88 Å². The summed E-state index contributed by atoms with van der Waals surface area (Å²) in [6, 6.07) is 5.85. The number of halogens is 3. The van der Waals surface area contributed by atoms with E-state index in [1.54, 1.807) is 0 Å². The minimum Gasteiger partial charge on any atom is -0.368 e. The molecule has 0 saturated heterocycles. The van der Waals surface area contributed by atoms with E-state index in [1.807, 2.05) is 31.4 Å². The van der Waals surface area contributed by atoms with Crippen LogP contribution in [0.3, 0.4) is 0 Å². The SMILES string of the molecule is C=Nc1ccc(-c2c[nH]c3ncc(-c4cnn(CC(F)(F)F)c4)nc23)cc1N(C)C(C)(C)C. The number of nitrogens with one attached hydrogen (secondary N) is 1. The summed E-state index contributed by atoms with van der Waals surface area (Å²) in [5, 5.41) is 3.80. The Morgan fingerprint density at radius 2 is 1.91 bits per heavy atom. The van der Waals surface area contributed by atoms with Crippen LogP contribution in [0.5, 0.6) is 0 Å². The van der Waals surface area contributed by atoms with Gasteiger partial charge in [0, 0.05) is 36.1 Å². The molecule has 0 bridgehead atoms. The third kappa shape index (κ3) is 4.59. The van der Waals surface area contributed by atoms with Gasteiger partial charge in [0.25, 0.3) is 0 Å². The number of fused-ring (bicyclic) bond motifs is 1. The summed E-state index contributed by atoms with van der Waals surface area (Å²) in [6.45, 7) is 8.84. The summed E-state index contributed by atoms with van der Waals surface area (Å²) in [5.41, 5.74) is 5.35. The lowest BCUT2D eigenvalue weighted by Gasteiger charge is -2.35. The molecule has 4 rings (SSSR count). The molecule has 0 atom stereocenters. The van der Waals surface area contributed by atoms with E-state index in [0.29, 0.717) is 22.4 Å². The second kappa shape index (κ2) is 8.02. The van der Waals surface area contributed by atoms with Gasteiger partial charge in [0.15, 0.2) is 5.65 Å². The van der Waals surface area contributed by atoms with Crippen LogP contribution in [-0.4, -0.2) is 50.2 Å². The zero-order chi connectivity index (χ0) is 24.0. The molecule has 3 aromatic heterocycles. The molecule has 1 N–H and O–H groups in total. The zero-order valence-corrected chi connectivity index (χ0v) is 18.8. The highest BCUT2D eigenvalue weighted by Crippen LogP contribution is 2.37. The maximum Gasteiger partial charge on any atom is 0.408 e. The van der Waals surface area contributed by atoms with Crippen LogP contribution < -0.4 is 4.90 Å². The molecule has 3 heterocycles. The third-order valence-corrected chi connectivity index (χ3v) is 5.48. The van der Waals surface area contributed by atoms with Crippen molar-refractivity contribution < 1.29 is 13.2 Å². The molecule has 4 aromatic rings. The molecule has 0 amide bonds. The van der Waals surface area contributed by atoms with Gasteiger partial charge in [0.05, 0.1) is 29.5 Å². The smallest absolute Gasteiger partial charge is 0.368 e. The van der Waals surface area contributed by atoms with Crippen molar-refractivity contribution in [3.63, 3.8) is 0 Å². The zero-order valence-electron chi connectivity index (χ0n) is 18.8. The molecular weight excluding hydrogens is 431 g/mol. The van der Waals surface area contributed by atoms with Gasteiger partial charge in [-0.15, -0.1) is 0 Å². The Bertz CT molecular complexity index is 1310. The maximum atomic E-state index is 12.7. The molecule has 0 fully saturated rings. The molecule has 0 saturated carbocycles. The van der Waals surface area contributed by atoms with Crippen molar-refractivity contribution in [2.24, 2.45) is 4.99 Å². The van der Waals surface area contributed by atoms with Crippen molar-refractivity contribution in [1.29, 1.82) is 0 Å². The number of H-pyrrole nitrogens is 1. The first kappa shape index (κ1) is 22.5. The standard InChI is InChI=1S/C23H24F3N7/c1-22(2,3)32(5)19-8-14(6-7-17(19)27-4)16-10-28-21-20(16)31-18(11-29-21)15-9-30-33(12-15)13-23(24,25)26/h6-12H,4,13H2,1-3,5H3,(H,28,29). The molecular formula is C23H24F3N7. The molecule has 0 unspecified atom stereocenters. The second-order valence-corrected chi connectivity index (χ2v) is 8.79. The predicted octanol–water partition coefficient (Wildman–Crippen LogP) is 5.62. The van der Waals surface area contributed by atoms with Crippen LogP contribution >= 0.6 is 0 Å². The maximum absolute atomic E-state index is 12.7. The summed E-state index contributed by atoms with van der Waals surface area (Å²) in [6.07, 6.45) is 1.66. The lowest BCUT2D eigenvalue weighted by molar-refractivity contribution is -0.142. The average molecular weight is 455 g/mol. The van der Waals surface area contributed by atoms with Crippen LogP contribution in [-0.2, 0) is 6.54 Å². The number of anilines is 1. The normalized spacial score (nSPS) is 12.3. The van der Waals surface area contributed by atoms with Crippen molar-refractivity contribution in [2.75, 3.05) is 11.9 Å². The third-order valence-electron chi connectivity index (χ3n) is 5.48. The second-order valence-electron chi connectivity index (χ2n) is 8.79. The number of aromatic amines is 1. The highest BCUT2D eigenvalue weighted by atomic mass is 19.4. The Hall–Kier alpha value is -3.69. The van der Waals surface area contributed by atoms with E-state index >= 15 is 0 Å². The molecule has 33 heavy (non-hydrogen) atoms. The van der Waals surface area contributed by atoms with Crippen LogP contribution in [0.4, 0.5) is 24.5 Å². The summed E-state index contributed by atoms with van der Waals surface area (Å²) in [4.78, 5) is 18.5. The van der Waals surface area contributed by atoms with Gasteiger partial charge in [-0.2, -0.15) is 18.3 Å². The first-order valence-corrected chi connectivity index (χ1v) is 10.2. The number of alkyl halides is 3. The molecule has 0 aliphatic carbocycles. The Labute approximate surface area is 189 Å². The van der Waals surface area contributed by atoms with Gasteiger partial charge in [-0.25, -0.2) is 9.97 Å². The number of nitrogens with zero attached hydrogens (tertiary/aromatic N) is 6. The Morgan fingerprint density at radius 1 is 1.15 bits per heavy atom. The Balaban J connectivity index is 1.77. The molecule has 0 radical (unpaired) electrons.